The molecule has 1 aromatic heterocycles. The van der Waals surface area contributed by atoms with Gasteiger partial charge in [-0.3, -0.25) is 4.79 Å². The van der Waals surface area contributed by atoms with Gasteiger partial charge in [-0.15, -0.1) is 11.3 Å². The van der Waals surface area contributed by atoms with Crippen molar-refractivity contribution in [3.63, 3.8) is 0 Å². The van der Waals surface area contributed by atoms with Crippen molar-refractivity contribution in [1.82, 2.24) is 0 Å². The second-order valence-corrected chi connectivity index (χ2v) is 6.85. The van der Waals surface area contributed by atoms with Gasteiger partial charge < -0.3 is 9.84 Å². The average molecular weight is 340 g/mol. The number of thiophene rings is 1. The molecule has 0 amide bonds. The van der Waals surface area contributed by atoms with Crippen LogP contribution in [0.3, 0.4) is 0 Å². The SMILES string of the molecule is COc1cccc(CCCc2ccc3cc(C(=O)CO)sc3c2)c1. The Morgan fingerprint density at radius 1 is 1.08 bits per heavy atom. The fourth-order valence-electron chi connectivity index (χ4n) is 2.77. The highest BCUT2D eigenvalue weighted by molar-refractivity contribution is 7.20. The van der Waals surface area contributed by atoms with E-state index >= 15 is 0 Å². The Bertz CT molecular complexity index is 851. The quantitative estimate of drug-likeness (QED) is 0.654. The second kappa shape index (κ2) is 7.60. The smallest absolute Gasteiger partial charge is 0.198 e. The first-order valence-electron chi connectivity index (χ1n) is 7.99. The number of aliphatic hydroxyl groups is 1. The molecule has 0 unspecified atom stereocenters. The van der Waals surface area contributed by atoms with Gasteiger partial charge >= 0.3 is 0 Å². The van der Waals surface area contributed by atoms with E-state index < -0.39 is 6.61 Å². The van der Waals surface area contributed by atoms with E-state index in [2.05, 4.69) is 30.3 Å². The highest BCUT2D eigenvalue weighted by Gasteiger charge is 2.09. The molecule has 4 heteroatoms. The number of hydrogen-bond acceptors (Lipinski definition) is 4. The minimum Gasteiger partial charge on any atom is -0.497 e. The van der Waals surface area contributed by atoms with Crippen LogP contribution >= 0.6 is 11.3 Å². The number of carbonyl (C=O) groups excluding carboxylic acids is 1. The number of Topliss-reactive ketones (excluding diaryl/α,β-unsaturated/α-hetero) is 1. The molecule has 3 nitrogen and oxygen atoms in total. The summed E-state index contributed by atoms with van der Waals surface area (Å²) < 4.78 is 6.36. The number of benzene rings is 2. The molecule has 0 bridgehead atoms. The van der Waals surface area contributed by atoms with Crippen molar-refractivity contribution in [2.45, 2.75) is 19.3 Å². The fourth-order valence-corrected chi connectivity index (χ4v) is 3.83. The molecule has 0 aliphatic carbocycles. The van der Waals surface area contributed by atoms with Crippen molar-refractivity contribution >= 4 is 27.2 Å². The van der Waals surface area contributed by atoms with Crippen LogP contribution in [-0.4, -0.2) is 24.6 Å². The molecular weight excluding hydrogens is 320 g/mol. The van der Waals surface area contributed by atoms with E-state index in [1.807, 2.05) is 18.2 Å². The molecule has 0 spiro atoms. The van der Waals surface area contributed by atoms with Crippen molar-refractivity contribution in [1.29, 1.82) is 0 Å². The summed E-state index contributed by atoms with van der Waals surface area (Å²) in [5.74, 6) is 0.685. The number of aliphatic hydroxyl groups excluding tert-OH is 1. The summed E-state index contributed by atoms with van der Waals surface area (Å²) in [6.07, 6.45) is 3.06. The monoisotopic (exact) mass is 340 g/mol. The average Bonchev–Trinajstić information content (AvgIpc) is 3.04. The second-order valence-electron chi connectivity index (χ2n) is 5.77. The Kier molecular flexibility index (Phi) is 5.28. The van der Waals surface area contributed by atoms with Crippen LogP contribution in [0.15, 0.2) is 48.5 Å². The summed E-state index contributed by atoms with van der Waals surface area (Å²) in [7, 11) is 1.69. The predicted octanol–water partition coefficient (Wildman–Crippen LogP) is 4.26. The van der Waals surface area contributed by atoms with Crippen LogP contribution in [0, 0.1) is 0 Å². The predicted molar refractivity (Wildman–Crippen MR) is 98.3 cm³/mol. The molecule has 3 rings (SSSR count). The number of carbonyl (C=O) groups is 1. The van der Waals surface area contributed by atoms with Crippen molar-refractivity contribution in [3.8, 4) is 5.75 Å². The standard InChI is InChI=1S/C20H20O3S/c1-23-17-7-3-6-14(10-17)4-2-5-15-8-9-16-12-20(18(22)13-21)24-19(16)11-15/h3,6-12,21H,2,4-5,13H2,1H3. The Hall–Kier alpha value is -2.17. The maximum Gasteiger partial charge on any atom is 0.198 e. The molecule has 2 aromatic carbocycles. The van der Waals surface area contributed by atoms with Gasteiger partial charge in [0.2, 0.25) is 0 Å². The molecule has 0 aliphatic rings. The third-order valence-electron chi connectivity index (χ3n) is 4.07. The topological polar surface area (TPSA) is 46.5 Å². The van der Waals surface area contributed by atoms with Crippen LogP contribution in [0.4, 0.5) is 0 Å². The van der Waals surface area contributed by atoms with Crippen molar-refractivity contribution in [2.75, 3.05) is 13.7 Å². The summed E-state index contributed by atoms with van der Waals surface area (Å²) in [6, 6.07) is 16.4. The fraction of sp³-hybridized carbons (Fsp3) is 0.250. The molecule has 24 heavy (non-hydrogen) atoms. The van der Waals surface area contributed by atoms with E-state index in [4.69, 9.17) is 9.84 Å². The normalized spacial score (nSPS) is 10.9. The van der Waals surface area contributed by atoms with Gasteiger partial charge in [0, 0.05) is 4.70 Å². The summed E-state index contributed by atoms with van der Waals surface area (Å²) >= 11 is 1.45. The van der Waals surface area contributed by atoms with Crippen LogP contribution < -0.4 is 4.74 Å². The summed E-state index contributed by atoms with van der Waals surface area (Å²) in [5, 5.41) is 10.0. The molecule has 124 valence electrons. The molecule has 3 aromatic rings. The summed E-state index contributed by atoms with van der Waals surface area (Å²) in [4.78, 5) is 12.2. The Morgan fingerprint density at radius 2 is 1.88 bits per heavy atom. The van der Waals surface area contributed by atoms with E-state index in [9.17, 15) is 4.79 Å². The van der Waals surface area contributed by atoms with Crippen LogP contribution in [0.1, 0.15) is 27.2 Å². The zero-order valence-corrected chi connectivity index (χ0v) is 14.4. The van der Waals surface area contributed by atoms with Crippen LogP contribution in [0.5, 0.6) is 5.75 Å². The minimum atomic E-state index is -0.430. The first-order valence-corrected chi connectivity index (χ1v) is 8.80. The van der Waals surface area contributed by atoms with Gasteiger partial charge in [0.1, 0.15) is 12.4 Å². The van der Waals surface area contributed by atoms with Crippen molar-refractivity contribution < 1.29 is 14.6 Å². The first kappa shape index (κ1) is 16.7. The Labute approximate surface area is 145 Å². The van der Waals surface area contributed by atoms with Crippen LogP contribution in [0.25, 0.3) is 10.1 Å². The third-order valence-corrected chi connectivity index (χ3v) is 5.21. The highest BCUT2D eigenvalue weighted by atomic mass is 32.1. The van der Waals surface area contributed by atoms with Gasteiger partial charge in [0.05, 0.1) is 12.0 Å². The van der Waals surface area contributed by atoms with E-state index in [0.717, 1.165) is 35.1 Å². The number of hydrogen-bond donors (Lipinski definition) is 1. The largest absolute Gasteiger partial charge is 0.497 e. The number of fused-ring (bicyclic) bond motifs is 1. The first-order chi connectivity index (χ1) is 11.7. The number of methoxy groups -OCH3 is 1. The number of rotatable bonds is 7. The number of aryl methyl sites for hydroxylation is 2. The van der Waals surface area contributed by atoms with Crippen molar-refractivity contribution in [3.05, 3.63) is 64.5 Å². The molecule has 1 heterocycles. The van der Waals surface area contributed by atoms with Crippen LogP contribution in [-0.2, 0) is 12.8 Å². The molecule has 0 aliphatic heterocycles. The van der Waals surface area contributed by atoms with E-state index in [-0.39, 0.29) is 5.78 Å². The molecule has 0 radical (unpaired) electrons. The lowest BCUT2D eigenvalue weighted by Crippen LogP contribution is -2.00. The van der Waals surface area contributed by atoms with Gasteiger partial charge in [-0.25, -0.2) is 0 Å². The molecular formula is C20H20O3S. The van der Waals surface area contributed by atoms with Gasteiger partial charge in [-0.2, -0.15) is 0 Å². The summed E-state index contributed by atoms with van der Waals surface area (Å²) in [6.45, 7) is -0.430. The van der Waals surface area contributed by atoms with Crippen LogP contribution in [0.2, 0.25) is 0 Å². The van der Waals surface area contributed by atoms with Gasteiger partial charge in [-0.1, -0.05) is 24.3 Å². The number of ketones is 1. The Balaban J connectivity index is 1.65. The molecule has 0 saturated carbocycles. The maximum atomic E-state index is 11.6. The minimum absolute atomic E-state index is 0.212. The van der Waals surface area contributed by atoms with Gasteiger partial charge in [0.15, 0.2) is 5.78 Å². The van der Waals surface area contributed by atoms with E-state index in [1.165, 1.54) is 22.5 Å². The lowest BCUT2D eigenvalue weighted by atomic mass is 10.0. The van der Waals surface area contributed by atoms with Crippen molar-refractivity contribution in [2.24, 2.45) is 0 Å². The highest BCUT2D eigenvalue weighted by Crippen LogP contribution is 2.27. The summed E-state index contributed by atoms with van der Waals surface area (Å²) in [5.41, 5.74) is 2.55. The van der Waals surface area contributed by atoms with E-state index in [1.54, 1.807) is 7.11 Å². The Morgan fingerprint density at radius 3 is 2.62 bits per heavy atom. The molecule has 1 N–H and O–H groups in total. The zero-order valence-electron chi connectivity index (χ0n) is 13.6. The maximum absolute atomic E-state index is 11.6. The molecule has 0 atom stereocenters. The van der Waals surface area contributed by atoms with E-state index in [0.29, 0.717) is 4.88 Å². The molecule has 0 fully saturated rings. The van der Waals surface area contributed by atoms with Gasteiger partial charge in [0.25, 0.3) is 0 Å². The molecule has 0 saturated heterocycles. The zero-order chi connectivity index (χ0) is 16.9. The lowest BCUT2D eigenvalue weighted by Gasteiger charge is -2.05. The lowest BCUT2D eigenvalue weighted by molar-refractivity contribution is 0.0908. The number of ether oxygens (including phenoxy) is 1. The van der Waals surface area contributed by atoms with Gasteiger partial charge in [-0.05, 0) is 60.0 Å². The third kappa shape index (κ3) is 3.83.